The maximum atomic E-state index is 7.29. The van der Waals surface area contributed by atoms with Crippen LogP contribution in [0.5, 0.6) is 0 Å². The number of rotatable bonds is 3. The molecule has 0 spiro atoms. The van der Waals surface area contributed by atoms with Gasteiger partial charge >= 0.3 is 0 Å². The van der Waals surface area contributed by atoms with Crippen molar-refractivity contribution in [2.75, 3.05) is 11.4 Å². The highest BCUT2D eigenvalue weighted by Crippen LogP contribution is 2.44. The molecule has 0 N–H and O–H groups in total. The number of fused-ring (bicyclic) bond motifs is 3. The van der Waals surface area contributed by atoms with Crippen LogP contribution in [0.4, 0.5) is 5.82 Å². The van der Waals surface area contributed by atoms with Gasteiger partial charge in [-0.25, -0.2) is 16.5 Å². The molecule has 2 aliphatic rings. The van der Waals surface area contributed by atoms with Gasteiger partial charge in [0.2, 0.25) is 6.54 Å². The second-order valence-electron chi connectivity index (χ2n) is 9.33. The second kappa shape index (κ2) is 7.63. The van der Waals surface area contributed by atoms with Crippen LogP contribution in [0, 0.1) is 40.2 Å². The van der Waals surface area contributed by atoms with E-state index in [0.717, 1.165) is 34.6 Å². The molecule has 160 valence electrons. The molecule has 2 fully saturated rings. The van der Waals surface area contributed by atoms with Crippen LogP contribution in [0.15, 0.2) is 22.8 Å². The number of nitrogens with zero attached hydrogens (tertiary/aromatic N) is 5. The fourth-order valence-corrected chi connectivity index (χ4v) is 6.63. The molecular formula is C25H28BrN5. The molecule has 0 aliphatic carbocycles. The summed E-state index contributed by atoms with van der Waals surface area (Å²) in [7, 11) is 0. The third-order valence-electron chi connectivity index (χ3n) is 7.05. The molecule has 2 unspecified atom stereocenters. The van der Waals surface area contributed by atoms with Crippen LogP contribution >= 0.6 is 15.9 Å². The van der Waals surface area contributed by atoms with Crippen molar-refractivity contribution in [2.45, 2.75) is 65.5 Å². The standard InChI is InChI=1S/C25H28BrN5/c1-14-8-19(26)9-15(2)23(14)30-13-16(3)22-24(30)28-17(4)29-25(22)31-20-6-7-21(31)11-18(10-20)12-27-5/h8-9,13,18,20-21H,6-7,10-12H2,1-4H3. The fourth-order valence-electron chi connectivity index (χ4n) is 5.94. The number of aryl methyl sites for hydroxylation is 4. The number of hydrogen-bond acceptors (Lipinski definition) is 3. The molecule has 5 rings (SSSR count). The first-order valence-corrected chi connectivity index (χ1v) is 11.9. The minimum atomic E-state index is 0.488. The Bertz CT molecular complexity index is 1180. The predicted molar refractivity (Wildman–Crippen MR) is 129 cm³/mol. The summed E-state index contributed by atoms with van der Waals surface area (Å²) in [5.41, 5.74) is 5.86. The summed E-state index contributed by atoms with van der Waals surface area (Å²) < 4.78 is 3.36. The molecule has 3 aromatic rings. The van der Waals surface area contributed by atoms with Crippen molar-refractivity contribution >= 4 is 32.8 Å². The maximum Gasteiger partial charge on any atom is 0.217 e. The molecule has 0 saturated carbocycles. The predicted octanol–water partition coefficient (Wildman–Crippen LogP) is 6.08. The zero-order valence-electron chi connectivity index (χ0n) is 18.6. The van der Waals surface area contributed by atoms with E-state index < -0.39 is 0 Å². The zero-order valence-corrected chi connectivity index (χ0v) is 20.2. The van der Waals surface area contributed by atoms with Crippen molar-refractivity contribution in [3.05, 3.63) is 56.7 Å². The van der Waals surface area contributed by atoms with E-state index in [1.165, 1.54) is 40.6 Å². The van der Waals surface area contributed by atoms with Gasteiger partial charge in [0.25, 0.3) is 0 Å². The first-order chi connectivity index (χ1) is 14.9. The third kappa shape index (κ3) is 3.34. The summed E-state index contributed by atoms with van der Waals surface area (Å²) in [6.07, 6.45) is 6.84. The van der Waals surface area contributed by atoms with Gasteiger partial charge < -0.3 is 14.3 Å². The van der Waals surface area contributed by atoms with E-state index >= 15 is 0 Å². The van der Waals surface area contributed by atoms with Crippen LogP contribution in [0.1, 0.15) is 48.2 Å². The summed E-state index contributed by atoms with van der Waals surface area (Å²) in [4.78, 5) is 16.2. The average molecular weight is 478 g/mol. The molecule has 2 atom stereocenters. The van der Waals surface area contributed by atoms with Crippen LogP contribution < -0.4 is 4.90 Å². The van der Waals surface area contributed by atoms with Crippen LogP contribution in [-0.2, 0) is 0 Å². The lowest BCUT2D eigenvalue weighted by atomic mass is 9.90. The van der Waals surface area contributed by atoms with Gasteiger partial charge in [-0.15, -0.1) is 0 Å². The molecule has 5 nitrogen and oxygen atoms in total. The lowest BCUT2D eigenvalue weighted by Crippen LogP contribution is -2.44. The van der Waals surface area contributed by atoms with Crippen LogP contribution in [0.3, 0.4) is 0 Å². The lowest BCUT2D eigenvalue weighted by molar-refractivity contribution is 0.357. The number of benzene rings is 1. The molecule has 0 radical (unpaired) electrons. The molecule has 31 heavy (non-hydrogen) atoms. The smallest absolute Gasteiger partial charge is 0.217 e. The highest BCUT2D eigenvalue weighted by Gasteiger charge is 2.43. The van der Waals surface area contributed by atoms with E-state index in [2.05, 4.69) is 69.3 Å². The summed E-state index contributed by atoms with van der Waals surface area (Å²) in [6.45, 7) is 16.5. The number of anilines is 1. The molecular weight excluding hydrogens is 450 g/mol. The van der Waals surface area contributed by atoms with Gasteiger partial charge in [0.05, 0.1) is 11.1 Å². The van der Waals surface area contributed by atoms with Gasteiger partial charge in [-0.1, -0.05) is 15.9 Å². The SMILES string of the molecule is [C-]#[N+]CC1CC2CCC(C1)N2c1nc(C)nc2c1c(C)cn2-c1c(C)cc(Br)cc1C. The molecule has 2 saturated heterocycles. The van der Waals surface area contributed by atoms with Crippen molar-refractivity contribution in [1.29, 1.82) is 0 Å². The molecule has 1 aromatic carbocycles. The van der Waals surface area contributed by atoms with E-state index in [1.54, 1.807) is 0 Å². The Balaban J connectivity index is 1.67. The minimum Gasteiger partial charge on any atom is -0.350 e. The quantitative estimate of drug-likeness (QED) is 0.428. The average Bonchev–Trinajstić information content (AvgIpc) is 3.14. The third-order valence-corrected chi connectivity index (χ3v) is 7.51. The van der Waals surface area contributed by atoms with Gasteiger partial charge in [-0.2, -0.15) is 0 Å². The normalized spacial score (nSPS) is 22.8. The Morgan fingerprint density at radius 1 is 1.03 bits per heavy atom. The number of halogens is 1. The number of piperidine rings is 1. The van der Waals surface area contributed by atoms with Gasteiger partial charge in [0.15, 0.2) is 5.65 Å². The van der Waals surface area contributed by atoms with E-state index in [0.29, 0.717) is 24.5 Å². The van der Waals surface area contributed by atoms with Gasteiger partial charge in [-0.3, -0.25) is 0 Å². The second-order valence-corrected chi connectivity index (χ2v) is 10.2. The summed E-state index contributed by atoms with van der Waals surface area (Å²) >= 11 is 3.63. The Kier molecular flexibility index (Phi) is 5.05. The summed E-state index contributed by atoms with van der Waals surface area (Å²) in [5.74, 6) is 2.44. The highest BCUT2D eigenvalue weighted by atomic mass is 79.9. The largest absolute Gasteiger partial charge is 0.350 e. The topological polar surface area (TPSA) is 38.3 Å². The van der Waals surface area contributed by atoms with E-state index in [1.807, 2.05) is 6.92 Å². The lowest BCUT2D eigenvalue weighted by Gasteiger charge is -2.38. The fraction of sp³-hybridized carbons (Fsp3) is 0.480. The van der Waals surface area contributed by atoms with Crippen molar-refractivity contribution in [1.82, 2.24) is 14.5 Å². The summed E-state index contributed by atoms with van der Waals surface area (Å²) in [5, 5.41) is 1.17. The van der Waals surface area contributed by atoms with E-state index in [9.17, 15) is 0 Å². The highest BCUT2D eigenvalue weighted by molar-refractivity contribution is 9.10. The Morgan fingerprint density at radius 2 is 1.68 bits per heavy atom. The molecule has 0 amide bonds. The number of hydrogen-bond donors (Lipinski definition) is 0. The monoisotopic (exact) mass is 477 g/mol. The Morgan fingerprint density at radius 3 is 2.29 bits per heavy atom. The number of aromatic nitrogens is 3. The van der Waals surface area contributed by atoms with Crippen LogP contribution in [-0.4, -0.2) is 33.2 Å². The molecule has 2 bridgehead atoms. The Hall–Kier alpha value is -2.39. The van der Waals surface area contributed by atoms with Gasteiger partial charge in [0, 0.05) is 28.7 Å². The zero-order chi connectivity index (χ0) is 21.9. The molecule has 2 aliphatic heterocycles. The first-order valence-electron chi connectivity index (χ1n) is 11.1. The van der Waals surface area contributed by atoms with Gasteiger partial charge in [-0.05, 0) is 82.2 Å². The van der Waals surface area contributed by atoms with E-state index in [-0.39, 0.29) is 0 Å². The van der Waals surface area contributed by atoms with Crippen molar-refractivity contribution < 1.29 is 0 Å². The van der Waals surface area contributed by atoms with Crippen molar-refractivity contribution in [2.24, 2.45) is 5.92 Å². The van der Waals surface area contributed by atoms with Gasteiger partial charge in [0.1, 0.15) is 11.6 Å². The van der Waals surface area contributed by atoms with Crippen LogP contribution in [0.2, 0.25) is 0 Å². The van der Waals surface area contributed by atoms with Crippen molar-refractivity contribution in [3.8, 4) is 5.69 Å². The van der Waals surface area contributed by atoms with Crippen molar-refractivity contribution in [3.63, 3.8) is 0 Å². The molecule has 4 heterocycles. The first kappa shape index (κ1) is 20.5. The van der Waals surface area contributed by atoms with Crippen LogP contribution in [0.25, 0.3) is 21.6 Å². The molecule has 2 aromatic heterocycles. The van der Waals surface area contributed by atoms with E-state index in [4.69, 9.17) is 16.5 Å². The molecule has 6 heteroatoms. The minimum absolute atomic E-state index is 0.488. The summed E-state index contributed by atoms with van der Waals surface area (Å²) in [6, 6.07) is 5.31. The maximum absolute atomic E-state index is 7.29. The Labute approximate surface area is 192 Å².